The fourth-order valence-electron chi connectivity index (χ4n) is 3.35. The van der Waals surface area contributed by atoms with Gasteiger partial charge in [0, 0.05) is 12.1 Å². The van der Waals surface area contributed by atoms with E-state index in [0.29, 0.717) is 11.5 Å². The van der Waals surface area contributed by atoms with Crippen molar-refractivity contribution in [2.75, 3.05) is 26.2 Å². The van der Waals surface area contributed by atoms with Crippen LogP contribution in [0.2, 0.25) is 0 Å². The number of likely N-dealkylation sites (tertiary alicyclic amines) is 1. The van der Waals surface area contributed by atoms with E-state index in [0.717, 1.165) is 13.1 Å². The molecule has 1 atom stereocenters. The van der Waals surface area contributed by atoms with Crippen molar-refractivity contribution in [1.29, 1.82) is 0 Å². The normalized spacial score (nSPS) is 28.2. The van der Waals surface area contributed by atoms with Gasteiger partial charge in [0.15, 0.2) is 0 Å². The summed E-state index contributed by atoms with van der Waals surface area (Å²) in [6.07, 6.45) is 5.14. The van der Waals surface area contributed by atoms with Crippen molar-refractivity contribution in [1.82, 2.24) is 10.2 Å². The van der Waals surface area contributed by atoms with Gasteiger partial charge in [0.1, 0.15) is 0 Å². The SMILES string of the molecule is CCNC(CO)(CN1CCCC1(C)C)C1CC1. The molecule has 1 unspecified atom stereocenters. The molecule has 0 radical (unpaired) electrons. The third kappa shape index (κ3) is 2.67. The molecule has 2 fully saturated rings. The summed E-state index contributed by atoms with van der Waals surface area (Å²) in [5.41, 5.74) is 0.265. The van der Waals surface area contributed by atoms with Crippen LogP contribution in [0, 0.1) is 5.92 Å². The number of hydrogen-bond acceptors (Lipinski definition) is 3. The summed E-state index contributed by atoms with van der Waals surface area (Å²) in [6, 6.07) is 0. The Hall–Kier alpha value is -0.120. The van der Waals surface area contributed by atoms with Gasteiger partial charge in [0.25, 0.3) is 0 Å². The molecule has 0 bridgehead atoms. The molecule has 1 heterocycles. The van der Waals surface area contributed by atoms with Crippen LogP contribution >= 0.6 is 0 Å². The van der Waals surface area contributed by atoms with E-state index in [1.54, 1.807) is 0 Å². The van der Waals surface area contributed by atoms with E-state index in [1.807, 2.05) is 0 Å². The molecule has 3 nitrogen and oxygen atoms in total. The minimum absolute atomic E-state index is 0.0453. The van der Waals surface area contributed by atoms with Crippen molar-refractivity contribution in [2.24, 2.45) is 5.92 Å². The topological polar surface area (TPSA) is 35.5 Å². The first kappa shape index (κ1) is 13.3. The van der Waals surface area contributed by atoms with E-state index in [1.165, 1.54) is 32.2 Å². The van der Waals surface area contributed by atoms with Crippen molar-refractivity contribution in [3.63, 3.8) is 0 Å². The van der Waals surface area contributed by atoms with Crippen LogP contribution in [0.4, 0.5) is 0 Å². The molecule has 2 aliphatic rings. The Kier molecular flexibility index (Phi) is 3.81. The molecule has 1 aliphatic heterocycles. The Labute approximate surface area is 106 Å². The van der Waals surface area contributed by atoms with Gasteiger partial charge < -0.3 is 10.4 Å². The molecule has 1 aliphatic carbocycles. The molecule has 0 spiro atoms. The number of nitrogens with one attached hydrogen (secondary N) is 1. The van der Waals surface area contributed by atoms with Crippen LogP contribution in [0.25, 0.3) is 0 Å². The Balaban J connectivity index is 2.06. The van der Waals surface area contributed by atoms with E-state index in [9.17, 15) is 5.11 Å². The van der Waals surface area contributed by atoms with Gasteiger partial charge in [0.05, 0.1) is 12.1 Å². The van der Waals surface area contributed by atoms with Crippen molar-refractivity contribution in [2.45, 2.75) is 57.5 Å². The van der Waals surface area contributed by atoms with Crippen LogP contribution < -0.4 is 5.32 Å². The van der Waals surface area contributed by atoms with Gasteiger partial charge in [-0.1, -0.05) is 6.92 Å². The van der Waals surface area contributed by atoms with Gasteiger partial charge in [-0.05, 0) is 58.5 Å². The molecule has 1 saturated heterocycles. The Morgan fingerprint density at radius 1 is 1.41 bits per heavy atom. The largest absolute Gasteiger partial charge is 0.394 e. The van der Waals surface area contributed by atoms with Gasteiger partial charge >= 0.3 is 0 Å². The first-order chi connectivity index (χ1) is 8.04. The van der Waals surface area contributed by atoms with Gasteiger partial charge in [-0.25, -0.2) is 0 Å². The van der Waals surface area contributed by atoms with Gasteiger partial charge in [-0.3, -0.25) is 4.90 Å². The Morgan fingerprint density at radius 3 is 2.53 bits per heavy atom. The predicted molar refractivity (Wildman–Crippen MR) is 71.1 cm³/mol. The minimum Gasteiger partial charge on any atom is -0.394 e. The zero-order valence-corrected chi connectivity index (χ0v) is 11.6. The van der Waals surface area contributed by atoms with Crippen LogP contribution in [0.5, 0.6) is 0 Å². The fraction of sp³-hybridized carbons (Fsp3) is 1.00. The zero-order chi connectivity index (χ0) is 12.5. The molecule has 2 N–H and O–H groups in total. The minimum atomic E-state index is -0.0453. The predicted octanol–water partition coefficient (Wildman–Crippen LogP) is 1.61. The summed E-state index contributed by atoms with van der Waals surface area (Å²) < 4.78 is 0. The monoisotopic (exact) mass is 240 g/mol. The number of aliphatic hydroxyl groups is 1. The van der Waals surface area contributed by atoms with Gasteiger partial charge in [0.2, 0.25) is 0 Å². The molecule has 0 aromatic rings. The smallest absolute Gasteiger partial charge is 0.0628 e. The standard InChI is InChI=1S/C14H28N2O/c1-4-15-14(11-17,12-6-7-12)10-16-9-5-8-13(16,2)3/h12,15,17H,4-11H2,1-3H3. The molecular formula is C14H28N2O. The lowest BCUT2D eigenvalue weighted by Crippen LogP contribution is -2.60. The van der Waals surface area contributed by atoms with Crippen LogP contribution in [-0.4, -0.2) is 47.3 Å². The molecular weight excluding hydrogens is 212 g/mol. The summed E-state index contributed by atoms with van der Waals surface area (Å²) in [7, 11) is 0. The molecule has 17 heavy (non-hydrogen) atoms. The van der Waals surface area contributed by atoms with Gasteiger partial charge in [-0.15, -0.1) is 0 Å². The van der Waals surface area contributed by atoms with Crippen LogP contribution in [0.15, 0.2) is 0 Å². The summed E-state index contributed by atoms with van der Waals surface area (Å²) >= 11 is 0. The molecule has 100 valence electrons. The maximum absolute atomic E-state index is 9.86. The molecule has 0 aromatic carbocycles. The first-order valence-electron chi connectivity index (χ1n) is 7.15. The summed E-state index contributed by atoms with van der Waals surface area (Å²) in [6.45, 7) is 10.2. The average Bonchev–Trinajstić information content (AvgIpc) is 3.06. The van der Waals surface area contributed by atoms with E-state index in [-0.39, 0.29) is 12.1 Å². The third-order valence-electron chi connectivity index (χ3n) is 4.72. The van der Waals surface area contributed by atoms with Crippen molar-refractivity contribution in [3.05, 3.63) is 0 Å². The van der Waals surface area contributed by atoms with Crippen molar-refractivity contribution in [3.8, 4) is 0 Å². The molecule has 0 amide bonds. The van der Waals surface area contributed by atoms with Crippen LogP contribution in [0.1, 0.15) is 46.5 Å². The number of hydrogen-bond donors (Lipinski definition) is 2. The molecule has 0 aromatic heterocycles. The quantitative estimate of drug-likeness (QED) is 0.740. The summed E-state index contributed by atoms with van der Waals surface area (Å²) in [5, 5.41) is 13.4. The van der Waals surface area contributed by atoms with E-state index in [4.69, 9.17) is 0 Å². The van der Waals surface area contributed by atoms with Crippen molar-refractivity contribution < 1.29 is 5.11 Å². The number of aliphatic hydroxyl groups excluding tert-OH is 1. The second-order valence-corrected chi connectivity index (χ2v) is 6.46. The van der Waals surface area contributed by atoms with Gasteiger partial charge in [-0.2, -0.15) is 0 Å². The molecule has 3 heteroatoms. The lowest BCUT2D eigenvalue weighted by atomic mass is 9.91. The number of nitrogens with zero attached hydrogens (tertiary/aromatic N) is 1. The second-order valence-electron chi connectivity index (χ2n) is 6.46. The molecule has 2 rings (SSSR count). The summed E-state index contributed by atoms with van der Waals surface area (Å²) in [4.78, 5) is 2.57. The maximum atomic E-state index is 9.86. The van der Waals surface area contributed by atoms with Crippen molar-refractivity contribution >= 4 is 0 Å². The molecule has 1 saturated carbocycles. The Morgan fingerprint density at radius 2 is 2.12 bits per heavy atom. The first-order valence-corrected chi connectivity index (χ1v) is 7.15. The number of likely N-dealkylation sites (N-methyl/N-ethyl adjacent to an activating group) is 1. The highest BCUT2D eigenvalue weighted by Gasteiger charge is 2.47. The fourth-order valence-corrected chi connectivity index (χ4v) is 3.35. The lowest BCUT2D eigenvalue weighted by molar-refractivity contribution is 0.0636. The van der Waals surface area contributed by atoms with E-state index >= 15 is 0 Å². The average molecular weight is 240 g/mol. The zero-order valence-electron chi connectivity index (χ0n) is 11.6. The third-order valence-corrected chi connectivity index (χ3v) is 4.72. The Bertz CT molecular complexity index is 263. The second kappa shape index (κ2) is 4.87. The highest BCUT2D eigenvalue weighted by Crippen LogP contribution is 2.42. The maximum Gasteiger partial charge on any atom is 0.0628 e. The van der Waals surface area contributed by atoms with Crippen LogP contribution in [0.3, 0.4) is 0 Å². The highest BCUT2D eigenvalue weighted by molar-refractivity contribution is 5.05. The van der Waals surface area contributed by atoms with E-state index < -0.39 is 0 Å². The van der Waals surface area contributed by atoms with E-state index in [2.05, 4.69) is 31.0 Å². The highest BCUT2D eigenvalue weighted by atomic mass is 16.3. The summed E-state index contributed by atoms with van der Waals surface area (Å²) in [5.74, 6) is 0.684. The number of rotatable bonds is 6. The van der Waals surface area contributed by atoms with Crippen LogP contribution in [-0.2, 0) is 0 Å². The lowest BCUT2D eigenvalue weighted by Gasteiger charge is -2.42.